The monoisotopic (exact) mass is 331 g/mol. The highest BCUT2D eigenvalue weighted by molar-refractivity contribution is 5.98. The van der Waals surface area contributed by atoms with Crippen LogP contribution in [0.4, 0.5) is 10.1 Å². The highest BCUT2D eigenvalue weighted by Gasteiger charge is 2.25. The normalized spacial score (nSPS) is 10.4. The van der Waals surface area contributed by atoms with Crippen molar-refractivity contribution < 1.29 is 14.1 Å². The van der Waals surface area contributed by atoms with Crippen LogP contribution in [0, 0.1) is 15.9 Å². The maximum atomic E-state index is 13.3. The van der Waals surface area contributed by atoms with E-state index in [4.69, 9.17) is 5.73 Å². The molecule has 126 valence electrons. The first-order chi connectivity index (χ1) is 11.5. The van der Waals surface area contributed by atoms with E-state index in [0.717, 1.165) is 23.8 Å². The summed E-state index contributed by atoms with van der Waals surface area (Å²) in [5, 5.41) is 11.1. The predicted molar refractivity (Wildman–Crippen MR) is 87.9 cm³/mol. The highest BCUT2D eigenvalue weighted by atomic mass is 19.1. The van der Waals surface area contributed by atoms with Crippen molar-refractivity contribution in [3.05, 3.63) is 75.6 Å². The van der Waals surface area contributed by atoms with E-state index in [0.29, 0.717) is 26.1 Å². The van der Waals surface area contributed by atoms with Crippen molar-refractivity contribution >= 4 is 11.6 Å². The molecule has 0 radical (unpaired) electrons. The lowest BCUT2D eigenvalue weighted by Gasteiger charge is -2.22. The van der Waals surface area contributed by atoms with Crippen LogP contribution < -0.4 is 5.73 Å². The minimum atomic E-state index is -0.755. The first-order valence-corrected chi connectivity index (χ1v) is 7.50. The van der Waals surface area contributed by atoms with E-state index < -0.39 is 22.3 Å². The Kier molecular flexibility index (Phi) is 5.97. The van der Waals surface area contributed by atoms with Crippen LogP contribution in [0.2, 0.25) is 0 Å². The Morgan fingerprint density at radius 2 is 1.92 bits per heavy atom. The van der Waals surface area contributed by atoms with Crippen LogP contribution in [-0.2, 0) is 6.54 Å². The van der Waals surface area contributed by atoms with Crippen LogP contribution in [0.5, 0.6) is 0 Å². The Labute approximate surface area is 138 Å². The summed E-state index contributed by atoms with van der Waals surface area (Å²) >= 11 is 0. The summed E-state index contributed by atoms with van der Waals surface area (Å²) in [5.74, 6) is -1.27. The first kappa shape index (κ1) is 17.6. The van der Waals surface area contributed by atoms with Crippen molar-refractivity contribution in [2.75, 3.05) is 13.1 Å². The van der Waals surface area contributed by atoms with E-state index in [1.54, 1.807) is 0 Å². The van der Waals surface area contributed by atoms with Crippen molar-refractivity contribution in [3.8, 4) is 0 Å². The van der Waals surface area contributed by atoms with Gasteiger partial charge in [0.15, 0.2) is 0 Å². The lowest BCUT2D eigenvalue weighted by molar-refractivity contribution is -0.385. The van der Waals surface area contributed by atoms with E-state index in [9.17, 15) is 19.3 Å². The van der Waals surface area contributed by atoms with Crippen LogP contribution in [0.3, 0.4) is 0 Å². The average Bonchev–Trinajstić information content (AvgIpc) is 2.58. The van der Waals surface area contributed by atoms with Gasteiger partial charge in [-0.1, -0.05) is 30.3 Å². The Hall–Kier alpha value is -2.80. The minimum absolute atomic E-state index is 0.130. The molecule has 6 nitrogen and oxygen atoms in total. The molecule has 2 aromatic rings. The number of hydrogen-bond donors (Lipinski definition) is 1. The number of carbonyl (C=O) groups is 1. The molecule has 0 aliphatic rings. The number of benzene rings is 2. The van der Waals surface area contributed by atoms with Gasteiger partial charge in [-0.25, -0.2) is 4.39 Å². The van der Waals surface area contributed by atoms with Crippen LogP contribution in [0.15, 0.2) is 48.5 Å². The fourth-order valence-corrected chi connectivity index (χ4v) is 2.35. The van der Waals surface area contributed by atoms with Crippen molar-refractivity contribution in [1.29, 1.82) is 0 Å². The third kappa shape index (κ3) is 4.36. The van der Waals surface area contributed by atoms with E-state index in [2.05, 4.69) is 0 Å². The first-order valence-electron chi connectivity index (χ1n) is 7.50. The fourth-order valence-electron chi connectivity index (χ4n) is 2.35. The summed E-state index contributed by atoms with van der Waals surface area (Å²) in [7, 11) is 0. The van der Waals surface area contributed by atoms with Gasteiger partial charge in [0.25, 0.3) is 11.6 Å². The van der Waals surface area contributed by atoms with E-state index in [-0.39, 0.29) is 5.56 Å². The molecule has 0 fully saturated rings. The molecular weight excluding hydrogens is 313 g/mol. The van der Waals surface area contributed by atoms with Crippen molar-refractivity contribution in [1.82, 2.24) is 4.90 Å². The smallest absolute Gasteiger partial charge is 0.285 e. The van der Waals surface area contributed by atoms with Crippen molar-refractivity contribution in [2.45, 2.75) is 13.0 Å². The topological polar surface area (TPSA) is 89.5 Å². The van der Waals surface area contributed by atoms with Gasteiger partial charge in [-0.2, -0.15) is 0 Å². The molecule has 0 atom stereocenters. The number of hydrogen-bond acceptors (Lipinski definition) is 4. The maximum absolute atomic E-state index is 13.3. The summed E-state index contributed by atoms with van der Waals surface area (Å²) in [5.41, 5.74) is 5.74. The second-order valence-electron chi connectivity index (χ2n) is 5.27. The zero-order valence-electron chi connectivity index (χ0n) is 13.0. The summed E-state index contributed by atoms with van der Waals surface area (Å²) < 4.78 is 13.3. The minimum Gasteiger partial charge on any atom is -0.334 e. The van der Waals surface area contributed by atoms with Crippen LogP contribution in [-0.4, -0.2) is 28.8 Å². The third-order valence-corrected chi connectivity index (χ3v) is 3.52. The van der Waals surface area contributed by atoms with Gasteiger partial charge in [-0.05, 0) is 30.7 Å². The lowest BCUT2D eigenvalue weighted by atomic mass is 10.1. The van der Waals surface area contributed by atoms with Gasteiger partial charge in [0.05, 0.1) is 11.0 Å². The highest BCUT2D eigenvalue weighted by Crippen LogP contribution is 2.22. The van der Waals surface area contributed by atoms with Crippen LogP contribution in [0.25, 0.3) is 0 Å². The van der Waals surface area contributed by atoms with Crippen molar-refractivity contribution in [2.24, 2.45) is 5.73 Å². The van der Waals surface area contributed by atoms with E-state index in [1.165, 1.54) is 4.90 Å². The van der Waals surface area contributed by atoms with Gasteiger partial charge in [-0.15, -0.1) is 0 Å². The van der Waals surface area contributed by atoms with Crippen LogP contribution in [0.1, 0.15) is 22.3 Å². The zero-order chi connectivity index (χ0) is 17.5. The Morgan fingerprint density at radius 1 is 1.21 bits per heavy atom. The van der Waals surface area contributed by atoms with Gasteiger partial charge < -0.3 is 10.6 Å². The number of nitrogens with zero attached hydrogens (tertiary/aromatic N) is 2. The molecule has 0 spiro atoms. The molecule has 0 saturated carbocycles. The fraction of sp³-hybridized carbons (Fsp3) is 0.235. The molecule has 2 N–H and O–H groups in total. The van der Waals surface area contributed by atoms with E-state index in [1.807, 2.05) is 30.3 Å². The standard InChI is InChI=1S/C17H18FN3O3/c18-14-7-8-15(16(11-14)21(23)24)17(22)20(10-4-9-19)12-13-5-2-1-3-6-13/h1-3,5-8,11H,4,9-10,12,19H2. The van der Waals surface area contributed by atoms with Gasteiger partial charge in [0, 0.05) is 13.1 Å². The second-order valence-corrected chi connectivity index (χ2v) is 5.27. The van der Waals surface area contributed by atoms with Crippen molar-refractivity contribution in [3.63, 3.8) is 0 Å². The molecule has 0 bridgehead atoms. The zero-order valence-corrected chi connectivity index (χ0v) is 13.0. The number of nitro benzene ring substituents is 1. The summed E-state index contributed by atoms with van der Waals surface area (Å²) in [6, 6.07) is 12.2. The van der Waals surface area contributed by atoms with Gasteiger partial charge in [0.1, 0.15) is 11.4 Å². The molecular formula is C17H18FN3O3. The number of rotatable bonds is 7. The van der Waals surface area contributed by atoms with Gasteiger partial charge in [-0.3, -0.25) is 14.9 Å². The molecule has 7 heteroatoms. The Morgan fingerprint density at radius 3 is 2.54 bits per heavy atom. The molecule has 0 heterocycles. The molecule has 0 aliphatic carbocycles. The van der Waals surface area contributed by atoms with E-state index >= 15 is 0 Å². The molecule has 0 saturated heterocycles. The Bertz CT molecular complexity index is 722. The Balaban J connectivity index is 2.32. The number of nitrogens with two attached hydrogens (primary N) is 1. The average molecular weight is 331 g/mol. The molecule has 1 amide bonds. The molecule has 0 aromatic heterocycles. The lowest BCUT2D eigenvalue weighted by Crippen LogP contribution is -2.33. The predicted octanol–water partition coefficient (Wildman–Crippen LogP) is 2.73. The molecule has 0 aliphatic heterocycles. The number of carbonyl (C=O) groups excluding carboxylic acids is 1. The number of nitro groups is 1. The SMILES string of the molecule is NCCCN(Cc1ccccc1)C(=O)c1ccc(F)cc1[N+](=O)[O-]. The second kappa shape index (κ2) is 8.16. The van der Waals surface area contributed by atoms with Gasteiger partial charge >= 0.3 is 0 Å². The van der Waals surface area contributed by atoms with Gasteiger partial charge in [0.2, 0.25) is 0 Å². The summed E-state index contributed by atoms with van der Waals surface area (Å²) in [4.78, 5) is 24.6. The third-order valence-electron chi connectivity index (χ3n) is 3.52. The quantitative estimate of drug-likeness (QED) is 0.624. The molecule has 0 unspecified atom stereocenters. The maximum Gasteiger partial charge on any atom is 0.285 e. The molecule has 24 heavy (non-hydrogen) atoms. The summed E-state index contributed by atoms with van der Waals surface area (Å²) in [6.07, 6.45) is 0.563. The molecule has 2 aromatic carbocycles. The largest absolute Gasteiger partial charge is 0.334 e. The number of amides is 1. The summed E-state index contributed by atoms with van der Waals surface area (Å²) in [6.45, 7) is 1.05. The molecule has 2 rings (SSSR count). The number of halogens is 1. The van der Waals surface area contributed by atoms with Crippen LogP contribution >= 0.6 is 0 Å².